The van der Waals surface area contributed by atoms with Crippen LogP contribution in [-0.2, 0) is 11.2 Å². The van der Waals surface area contributed by atoms with Crippen molar-refractivity contribution in [2.75, 3.05) is 20.3 Å². The van der Waals surface area contributed by atoms with Crippen molar-refractivity contribution in [3.8, 4) is 5.88 Å². The van der Waals surface area contributed by atoms with E-state index in [0.29, 0.717) is 24.2 Å². The van der Waals surface area contributed by atoms with Crippen molar-refractivity contribution in [2.24, 2.45) is 0 Å². The number of nitrogens with zero attached hydrogens (tertiary/aromatic N) is 1. The Morgan fingerprint density at radius 1 is 1.53 bits per heavy atom. The SMILES string of the molecule is COc1nc(Cl)cc2c1[C@@H](N[C@@H]1COC[C@@H]1O)CC2. The average Bonchev–Trinajstić information content (AvgIpc) is 2.97. The highest BCUT2D eigenvalue weighted by molar-refractivity contribution is 6.29. The van der Waals surface area contributed by atoms with Gasteiger partial charge in [-0.25, -0.2) is 4.98 Å². The molecule has 1 fully saturated rings. The molecule has 0 amide bonds. The highest BCUT2D eigenvalue weighted by atomic mass is 35.5. The molecule has 104 valence electrons. The fraction of sp³-hybridized carbons (Fsp3) is 0.615. The minimum absolute atomic E-state index is 0.0312. The molecular formula is C13H17ClN2O3. The Kier molecular flexibility index (Phi) is 3.62. The third kappa shape index (κ3) is 2.43. The molecule has 1 aliphatic carbocycles. The number of nitrogens with one attached hydrogen (secondary N) is 1. The number of rotatable bonds is 3. The molecule has 0 unspecified atom stereocenters. The van der Waals surface area contributed by atoms with E-state index in [1.807, 2.05) is 6.07 Å². The fourth-order valence-corrected chi connectivity index (χ4v) is 3.06. The summed E-state index contributed by atoms with van der Waals surface area (Å²) in [6.45, 7) is 0.934. The normalized spacial score (nSPS) is 29.5. The molecule has 2 heterocycles. The number of fused-ring (bicyclic) bond motifs is 1. The molecular weight excluding hydrogens is 268 g/mol. The maximum Gasteiger partial charge on any atom is 0.219 e. The average molecular weight is 285 g/mol. The zero-order chi connectivity index (χ0) is 13.4. The minimum atomic E-state index is -0.449. The summed E-state index contributed by atoms with van der Waals surface area (Å²) in [6, 6.07) is 2.00. The van der Waals surface area contributed by atoms with Crippen LogP contribution in [0.3, 0.4) is 0 Å². The summed E-state index contributed by atoms with van der Waals surface area (Å²) in [4.78, 5) is 4.22. The zero-order valence-electron chi connectivity index (χ0n) is 10.7. The Hall–Kier alpha value is -0.880. The lowest BCUT2D eigenvalue weighted by Crippen LogP contribution is -2.40. The van der Waals surface area contributed by atoms with Gasteiger partial charge in [-0.1, -0.05) is 11.6 Å². The Balaban J connectivity index is 1.84. The van der Waals surface area contributed by atoms with Crippen LogP contribution < -0.4 is 10.1 Å². The van der Waals surface area contributed by atoms with E-state index >= 15 is 0 Å². The molecule has 0 spiro atoms. The maximum absolute atomic E-state index is 9.81. The highest BCUT2D eigenvalue weighted by Crippen LogP contribution is 2.38. The smallest absolute Gasteiger partial charge is 0.219 e. The number of aryl methyl sites for hydroxylation is 1. The largest absolute Gasteiger partial charge is 0.481 e. The van der Waals surface area contributed by atoms with Crippen LogP contribution in [0.1, 0.15) is 23.6 Å². The predicted molar refractivity (Wildman–Crippen MR) is 70.6 cm³/mol. The van der Waals surface area contributed by atoms with E-state index in [2.05, 4.69) is 10.3 Å². The van der Waals surface area contributed by atoms with Crippen molar-refractivity contribution in [1.29, 1.82) is 0 Å². The van der Waals surface area contributed by atoms with Gasteiger partial charge in [0.05, 0.1) is 32.5 Å². The number of aliphatic hydroxyl groups excluding tert-OH is 1. The van der Waals surface area contributed by atoms with E-state index in [1.54, 1.807) is 7.11 Å². The quantitative estimate of drug-likeness (QED) is 0.813. The second kappa shape index (κ2) is 5.25. The summed E-state index contributed by atoms with van der Waals surface area (Å²) < 4.78 is 10.6. The summed E-state index contributed by atoms with van der Waals surface area (Å²) >= 11 is 5.98. The van der Waals surface area contributed by atoms with E-state index in [1.165, 1.54) is 5.56 Å². The van der Waals surface area contributed by atoms with Gasteiger partial charge in [-0.2, -0.15) is 0 Å². The second-order valence-corrected chi connectivity index (χ2v) is 5.38. The molecule has 1 aromatic heterocycles. The van der Waals surface area contributed by atoms with Crippen molar-refractivity contribution in [3.05, 3.63) is 22.3 Å². The summed E-state index contributed by atoms with van der Waals surface area (Å²) in [5, 5.41) is 13.7. The summed E-state index contributed by atoms with van der Waals surface area (Å²) in [5.74, 6) is 0.575. The summed E-state index contributed by atoms with van der Waals surface area (Å²) in [6.07, 6.45) is 1.45. The molecule has 1 saturated heterocycles. The van der Waals surface area contributed by atoms with Gasteiger partial charge >= 0.3 is 0 Å². The van der Waals surface area contributed by atoms with Gasteiger partial charge in [0, 0.05) is 11.6 Å². The van der Waals surface area contributed by atoms with Crippen LogP contribution in [0.15, 0.2) is 6.07 Å². The topological polar surface area (TPSA) is 63.6 Å². The molecule has 2 N–H and O–H groups in total. The zero-order valence-corrected chi connectivity index (χ0v) is 11.5. The number of halogens is 1. The van der Waals surface area contributed by atoms with Crippen LogP contribution in [0.25, 0.3) is 0 Å². The second-order valence-electron chi connectivity index (χ2n) is 5.00. The number of pyridine rings is 1. The maximum atomic E-state index is 9.81. The molecule has 5 nitrogen and oxygen atoms in total. The first-order valence-electron chi connectivity index (χ1n) is 6.44. The van der Waals surface area contributed by atoms with Gasteiger partial charge in [-0.05, 0) is 24.5 Å². The third-order valence-electron chi connectivity index (χ3n) is 3.79. The van der Waals surface area contributed by atoms with E-state index in [-0.39, 0.29) is 12.1 Å². The monoisotopic (exact) mass is 284 g/mol. The van der Waals surface area contributed by atoms with Gasteiger partial charge in [0.25, 0.3) is 0 Å². The number of ether oxygens (including phenoxy) is 2. The number of hydrogen-bond donors (Lipinski definition) is 2. The van der Waals surface area contributed by atoms with E-state index in [9.17, 15) is 5.11 Å². The molecule has 1 aromatic rings. The number of aromatic nitrogens is 1. The van der Waals surface area contributed by atoms with Gasteiger partial charge in [0.1, 0.15) is 5.15 Å². The van der Waals surface area contributed by atoms with E-state index in [0.717, 1.165) is 18.4 Å². The Morgan fingerprint density at radius 3 is 3.05 bits per heavy atom. The van der Waals surface area contributed by atoms with Crippen molar-refractivity contribution < 1.29 is 14.6 Å². The lowest BCUT2D eigenvalue weighted by Gasteiger charge is -2.22. The van der Waals surface area contributed by atoms with Gasteiger partial charge in [0.2, 0.25) is 5.88 Å². The molecule has 0 bridgehead atoms. The molecule has 1 aliphatic heterocycles. The molecule has 3 rings (SSSR count). The first kappa shape index (κ1) is 13.1. The van der Waals surface area contributed by atoms with Gasteiger partial charge < -0.3 is 19.9 Å². The van der Waals surface area contributed by atoms with Gasteiger partial charge in [0.15, 0.2) is 0 Å². The number of methoxy groups -OCH3 is 1. The third-order valence-corrected chi connectivity index (χ3v) is 3.98. The fourth-order valence-electron chi connectivity index (χ4n) is 2.86. The first-order chi connectivity index (χ1) is 9.19. The molecule has 6 heteroatoms. The van der Waals surface area contributed by atoms with Crippen molar-refractivity contribution in [3.63, 3.8) is 0 Å². The lowest BCUT2D eigenvalue weighted by atomic mass is 10.1. The van der Waals surface area contributed by atoms with Gasteiger partial charge in [-0.3, -0.25) is 0 Å². The van der Waals surface area contributed by atoms with Crippen LogP contribution in [0.4, 0.5) is 0 Å². The van der Waals surface area contributed by atoms with Crippen molar-refractivity contribution in [1.82, 2.24) is 10.3 Å². The van der Waals surface area contributed by atoms with Crippen LogP contribution in [0, 0.1) is 0 Å². The van der Waals surface area contributed by atoms with E-state index < -0.39 is 6.10 Å². The molecule has 0 aromatic carbocycles. The summed E-state index contributed by atoms with van der Waals surface area (Å²) in [5.41, 5.74) is 2.23. The summed E-state index contributed by atoms with van der Waals surface area (Å²) in [7, 11) is 1.60. The molecule has 2 aliphatic rings. The highest BCUT2D eigenvalue weighted by Gasteiger charge is 2.33. The van der Waals surface area contributed by atoms with Crippen LogP contribution in [0.2, 0.25) is 5.15 Å². The molecule has 0 radical (unpaired) electrons. The Bertz CT molecular complexity index is 483. The predicted octanol–water partition coefficient (Wildman–Crippen LogP) is 1.08. The number of aliphatic hydroxyl groups is 1. The first-order valence-corrected chi connectivity index (χ1v) is 6.82. The van der Waals surface area contributed by atoms with Crippen molar-refractivity contribution in [2.45, 2.75) is 31.0 Å². The van der Waals surface area contributed by atoms with E-state index in [4.69, 9.17) is 21.1 Å². The standard InChI is InChI=1S/C13H17ClN2O3/c1-18-13-12-7(4-11(14)16-13)2-3-8(12)15-9-5-19-6-10(9)17/h4,8-10,15,17H,2-3,5-6H2,1H3/t8-,9+,10-/m0/s1. The lowest BCUT2D eigenvalue weighted by molar-refractivity contribution is 0.121. The van der Waals surface area contributed by atoms with Crippen molar-refractivity contribution >= 4 is 11.6 Å². The number of hydrogen-bond acceptors (Lipinski definition) is 5. The van der Waals surface area contributed by atoms with Crippen LogP contribution >= 0.6 is 11.6 Å². The molecule has 3 atom stereocenters. The molecule has 19 heavy (non-hydrogen) atoms. The minimum Gasteiger partial charge on any atom is -0.481 e. The Morgan fingerprint density at radius 2 is 2.37 bits per heavy atom. The van der Waals surface area contributed by atoms with Crippen LogP contribution in [-0.4, -0.2) is 42.6 Å². The van der Waals surface area contributed by atoms with Crippen LogP contribution in [0.5, 0.6) is 5.88 Å². The Labute approximate surface area is 116 Å². The molecule has 0 saturated carbocycles. The van der Waals surface area contributed by atoms with Gasteiger partial charge in [-0.15, -0.1) is 0 Å².